The SMILES string of the molecule is N[C@H](C(=O)NC1CCCc2occc21)c1ccccc1. The van der Waals surface area contributed by atoms with Crippen molar-refractivity contribution in [3.05, 3.63) is 59.5 Å². The third-order valence-corrected chi connectivity index (χ3v) is 3.81. The molecule has 1 aliphatic rings. The Morgan fingerprint density at radius 2 is 2.10 bits per heavy atom. The summed E-state index contributed by atoms with van der Waals surface area (Å²) >= 11 is 0. The molecule has 0 radical (unpaired) electrons. The van der Waals surface area contributed by atoms with Gasteiger partial charge in [0.1, 0.15) is 11.8 Å². The first kappa shape index (κ1) is 12.9. The fraction of sp³-hybridized carbons (Fsp3) is 0.312. The molecule has 0 saturated carbocycles. The minimum atomic E-state index is -0.631. The Bertz CT molecular complexity index is 592. The van der Waals surface area contributed by atoms with Gasteiger partial charge in [0.05, 0.1) is 12.3 Å². The lowest BCUT2D eigenvalue weighted by Gasteiger charge is -2.24. The molecule has 1 unspecified atom stereocenters. The first-order valence-corrected chi connectivity index (χ1v) is 6.93. The van der Waals surface area contributed by atoms with E-state index in [0.717, 1.165) is 36.1 Å². The zero-order chi connectivity index (χ0) is 13.9. The average Bonchev–Trinajstić information content (AvgIpc) is 2.97. The van der Waals surface area contributed by atoms with E-state index < -0.39 is 6.04 Å². The number of rotatable bonds is 3. The Balaban J connectivity index is 1.72. The molecule has 1 aromatic heterocycles. The minimum Gasteiger partial charge on any atom is -0.469 e. The molecule has 2 atom stereocenters. The van der Waals surface area contributed by atoms with Crippen LogP contribution < -0.4 is 11.1 Å². The van der Waals surface area contributed by atoms with E-state index in [9.17, 15) is 4.79 Å². The fourth-order valence-electron chi connectivity index (χ4n) is 2.71. The Labute approximate surface area is 118 Å². The van der Waals surface area contributed by atoms with Crippen molar-refractivity contribution in [1.82, 2.24) is 5.32 Å². The van der Waals surface area contributed by atoms with E-state index in [1.807, 2.05) is 36.4 Å². The molecule has 4 nitrogen and oxygen atoms in total. The summed E-state index contributed by atoms with van der Waals surface area (Å²) in [4.78, 5) is 12.3. The summed E-state index contributed by atoms with van der Waals surface area (Å²) in [5, 5.41) is 3.04. The zero-order valence-electron chi connectivity index (χ0n) is 11.2. The summed E-state index contributed by atoms with van der Waals surface area (Å²) < 4.78 is 5.43. The molecule has 0 bridgehead atoms. The highest BCUT2D eigenvalue weighted by Crippen LogP contribution is 2.30. The summed E-state index contributed by atoms with van der Waals surface area (Å²) in [5.41, 5.74) is 7.93. The number of amides is 1. The molecule has 20 heavy (non-hydrogen) atoms. The second kappa shape index (κ2) is 5.51. The number of hydrogen-bond acceptors (Lipinski definition) is 3. The third kappa shape index (κ3) is 2.47. The number of carbonyl (C=O) groups is 1. The molecule has 0 spiro atoms. The first-order chi connectivity index (χ1) is 9.75. The van der Waals surface area contributed by atoms with Gasteiger partial charge in [0.15, 0.2) is 0 Å². The van der Waals surface area contributed by atoms with Gasteiger partial charge in [0.2, 0.25) is 5.91 Å². The number of nitrogens with two attached hydrogens (primary N) is 1. The van der Waals surface area contributed by atoms with Crippen molar-refractivity contribution in [1.29, 1.82) is 0 Å². The third-order valence-electron chi connectivity index (χ3n) is 3.81. The van der Waals surface area contributed by atoms with Crippen LogP contribution in [-0.4, -0.2) is 5.91 Å². The molecule has 2 aromatic rings. The summed E-state index contributed by atoms with van der Waals surface area (Å²) in [7, 11) is 0. The lowest BCUT2D eigenvalue weighted by molar-refractivity contribution is -0.123. The van der Waals surface area contributed by atoms with Gasteiger partial charge in [0, 0.05) is 12.0 Å². The number of fused-ring (bicyclic) bond motifs is 1. The van der Waals surface area contributed by atoms with Crippen LogP contribution in [0.4, 0.5) is 0 Å². The van der Waals surface area contributed by atoms with Gasteiger partial charge in [-0.2, -0.15) is 0 Å². The number of benzene rings is 1. The van der Waals surface area contributed by atoms with E-state index >= 15 is 0 Å². The van der Waals surface area contributed by atoms with Crippen molar-refractivity contribution in [2.45, 2.75) is 31.3 Å². The summed E-state index contributed by atoms with van der Waals surface area (Å²) in [6, 6.07) is 10.7. The summed E-state index contributed by atoms with van der Waals surface area (Å²) in [5.74, 6) is 0.838. The average molecular weight is 270 g/mol. The highest BCUT2D eigenvalue weighted by atomic mass is 16.3. The van der Waals surface area contributed by atoms with Crippen LogP contribution in [0.2, 0.25) is 0 Å². The van der Waals surface area contributed by atoms with Crippen molar-refractivity contribution in [3.63, 3.8) is 0 Å². The Kier molecular flexibility index (Phi) is 3.56. The lowest BCUT2D eigenvalue weighted by Crippen LogP contribution is -2.37. The van der Waals surface area contributed by atoms with Crippen molar-refractivity contribution >= 4 is 5.91 Å². The molecule has 4 heteroatoms. The van der Waals surface area contributed by atoms with Crippen LogP contribution in [0.3, 0.4) is 0 Å². The van der Waals surface area contributed by atoms with Crippen molar-refractivity contribution in [2.24, 2.45) is 5.73 Å². The molecular formula is C16H18N2O2. The molecule has 0 saturated heterocycles. The maximum absolute atomic E-state index is 12.3. The number of hydrogen-bond donors (Lipinski definition) is 2. The quantitative estimate of drug-likeness (QED) is 0.900. The zero-order valence-corrected chi connectivity index (χ0v) is 11.2. The van der Waals surface area contributed by atoms with E-state index in [1.165, 1.54) is 0 Å². The minimum absolute atomic E-state index is 0.0137. The van der Waals surface area contributed by atoms with Crippen LogP contribution in [0, 0.1) is 0 Å². The van der Waals surface area contributed by atoms with Crippen LogP contribution in [0.1, 0.15) is 41.8 Å². The summed E-state index contributed by atoms with van der Waals surface area (Å²) in [6.45, 7) is 0. The Morgan fingerprint density at radius 3 is 2.90 bits per heavy atom. The van der Waals surface area contributed by atoms with Gasteiger partial charge >= 0.3 is 0 Å². The number of carbonyl (C=O) groups excluding carboxylic acids is 1. The molecule has 3 N–H and O–H groups in total. The molecule has 1 heterocycles. The van der Waals surface area contributed by atoms with Crippen LogP contribution in [0.15, 0.2) is 47.1 Å². The van der Waals surface area contributed by atoms with Gasteiger partial charge in [-0.25, -0.2) is 0 Å². The second-order valence-electron chi connectivity index (χ2n) is 5.14. The number of nitrogens with one attached hydrogen (secondary N) is 1. The number of aryl methyl sites for hydroxylation is 1. The largest absolute Gasteiger partial charge is 0.469 e. The Hall–Kier alpha value is -2.07. The van der Waals surface area contributed by atoms with E-state index in [1.54, 1.807) is 6.26 Å². The van der Waals surface area contributed by atoms with Gasteiger partial charge in [-0.1, -0.05) is 30.3 Å². The van der Waals surface area contributed by atoms with Crippen LogP contribution >= 0.6 is 0 Å². The normalized spacial score (nSPS) is 19.1. The van der Waals surface area contributed by atoms with E-state index in [0.29, 0.717) is 0 Å². The Morgan fingerprint density at radius 1 is 1.30 bits per heavy atom. The highest BCUT2D eigenvalue weighted by molar-refractivity contribution is 5.83. The van der Waals surface area contributed by atoms with Crippen LogP contribution in [0.5, 0.6) is 0 Å². The molecular weight excluding hydrogens is 252 g/mol. The van der Waals surface area contributed by atoms with E-state index in [2.05, 4.69) is 5.32 Å². The maximum Gasteiger partial charge on any atom is 0.241 e. The van der Waals surface area contributed by atoms with Gasteiger partial charge in [-0.3, -0.25) is 4.79 Å². The number of furan rings is 1. The van der Waals surface area contributed by atoms with Gasteiger partial charge in [-0.05, 0) is 24.5 Å². The molecule has 0 aliphatic heterocycles. The molecule has 1 aliphatic carbocycles. The highest BCUT2D eigenvalue weighted by Gasteiger charge is 2.26. The second-order valence-corrected chi connectivity index (χ2v) is 5.14. The van der Waals surface area contributed by atoms with Crippen LogP contribution in [-0.2, 0) is 11.2 Å². The molecule has 0 fully saturated rings. The predicted molar refractivity (Wildman–Crippen MR) is 75.9 cm³/mol. The molecule has 3 rings (SSSR count). The first-order valence-electron chi connectivity index (χ1n) is 6.93. The van der Waals surface area contributed by atoms with Gasteiger partial charge in [-0.15, -0.1) is 0 Å². The predicted octanol–water partition coefficient (Wildman–Crippen LogP) is 2.47. The van der Waals surface area contributed by atoms with Crippen molar-refractivity contribution < 1.29 is 9.21 Å². The van der Waals surface area contributed by atoms with Crippen molar-refractivity contribution in [2.75, 3.05) is 0 Å². The molecule has 104 valence electrons. The van der Waals surface area contributed by atoms with Gasteiger partial charge in [0.25, 0.3) is 0 Å². The molecule has 1 amide bonds. The monoisotopic (exact) mass is 270 g/mol. The lowest BCUT2D eigenvalue weighted by atomic mass is 9.93. The summed E-state index contributed by atoms with van der Waals surface area (Å²) in [6.07, 6.45) is 4.58. The van der Waals surface area contributed by atoms with Gasteiger partial charge < -0.3 is 15.5 Å². The van der Waals surface area contributed by atoms with Crippen molar-refractivity contribution in [3.8, 4) is 0 Å². The van der Waals surface area contributed by atoms with Crippen LogP contribution in [0.25, 0.3) is 0 Å². The fourth-order valence-corrected chi connectivity index (χ4v) is 2.71. The smallest absolute Gasteiger partial charge is 0.241 e. The standard InChI is InChI=1S/C16H18N2O2/c17-15(11-5-2-1-3-6-11)16(19)18-13-7-4-8-14-12(13)9-10-20-14/h1-3,5-6,9-10,13,15H,4,7-8,17H2,(H,18,19)/t13?,15-/m0/s1. The van der Waals surface area contributed by atoms with E-state index in [4.69, 9.17) is 10.2 Å². The van der Waals surface area contributed by atoms with E-state index in [-0.39, 0.29) is 11.9 Å². The maximum atomic E-state index is 12.3. The topological polar surface area (TPSA) is 68.3 Å². The molecule has 1 aromatic carbocycles.